The van der Waals surface area contributed by atoms with Crippen molar-refractivity contribution in [1.29, 1.82) is 5.26 Å². The third-order valence-corrected chi connectivity index (χ3v) is 6.60. The Balaban J connectivity index is 1.33. The smallest absolute Gasteiger partial charge is 0.232 e. The molecule has 8 nitrogen and oxygen atoms in total. The van der Waals surface area contributed by atoms with E-state index in [0.29, 0.717) is 36.7 Å². The van der Waals surface area contributed by atoms with Gasteiger partial charge in [0.15, 0.2) is 5.75 Å². The van der Waals surface area contributed by atoms with E-state index in [-0.39, 0.29) is 23.7 Å². The van der Waals surface area contributed by atoms with Gasteiger partial charge in [0, 0.05) is 36.3 Å². The second kappa shape index (κ2) is 8.84. The fourth-order valence-electron chi connectivity index (χ4n) is 4.83. The Hall–Kier alpha value is -4.25. The highest BCUT2D eigenvalue weighted by atomic mass is 16.5. The molecule has 1 aromatic heterocycles. The summed E-state index contributed by atoms with van der Waals surface area (Å²) >= 11 is 0. The molecule has 0 aliphatic carbocycles. The van der Waals surface area contributed by atoms with Crippen molar-refractivity contribution >= 4 is 23.2 Å². The molecule has 2 aromatic carbocycles. The first-order valence-corrected chi connectivity index (χ1v) is 11.5. The number of carbonyl (C=O) groups excluding carboxylic acids is 2. The summed E-state index contributed by atoms with van der Waals surface area (Å²) in [5, 5.41) is 9.18. The largest absolute Gasteiger partial charge is 0.486 e. The predicted molar refractivity (Wildman–Crippen MR) is 130 cm³/mol. The summed E-state index contributed by atoms with van der Waals surface area (Å²) in [5.74, 6) is 0.0139. The average Bonchev–Trinajstić information content (AvgIpc) is 3.39. The van der Waals surface area contributed by atoms with Crippen molar-refractivity contribution < 1.29 is 14.3 Å². The van der Waals surface area contributed by atoms with Crippen molar-refractivity contribution in [1.82, 2.24) is 9.97 Å². The zero-order chi connectivity index (χ0) is 24.6. The number of nitrogens with zero attached hydrogens (tertiary/aromatic N) is 5. The molecule has 1 fully saturated rings. The van der Waals surface area contributed by atoms with E-state index < -0.39 is 5.92 Å². The van der Waals surface area contributed by atoms with Crippen LogP contribution in [0.2, 0.25) is 0 Å². The Kier molecular flexibility index (Phi) is 5.69. The van der Waals surface area contributed by atoms with Crippen molar-refractivity contribution in [2.75, 3.05) is 22.9 Å². The molecule has 5 rings (SSSR count). The lowest BCUT2D eigenvalue weighted by Crippen LogP contribution is -2.39. The number of rotatable bonds is 5. The van der Waals surface area contributed by atoms with E-state index >= 15 is 0 Å². The first-order valence-electron chi connectivity index (χ1n) is 11.5. The van der Waals surface area contributed by atoms with Crippen molar-refractivity contribution in [3.8, 4) is 11.8 Å². The normalized spacial score (nSPS) is 18.3. The van der Waals surface area contributed by atoms with Crippen LogP contribution in [0.5, 0.6) is 5.75 Å². The zero-order valence-electron chi connectivity index (χ0n) is 19.6. The minimum Gasteiger partial charge on any atom is -0.486 e. The predicted octanol–water partition coefficient (Wildman–Crippen LogP) is 3.60. The molecule has 3 aromatic rings. The molecule has 1 atom stereocenters. The van der Waals surface area contributed by atoms with Crippen LogP contribution in [0.4, 0.5) is 11.4 Å². The van der Waals surface area contributed by atoms with E-state index in [1.165, 1.54) is 6.33 Å². The lowest BCUT2D eigenvalue weighted by molar-refractivity contribution is -0.124. The van der Waals surface area contributed by atoms with Crippen molar-refractivity contribution in [2.24, 2.45) is 5.92 Å². The fourth-order valence-corrected chi connectivity index (χ4v) is 4.83. The van der Waals surface area contributed by atoms with Crippen LogP contribution in [-0.2, 0) is 21.6 Å². The Bertz CT molecular complexity index is 1330. The highest BCUT2D eigenvalue weighted by molar-refractivity contribution is 6.05. The van der Waals surface area contributed by atoms with E-state index in [4.69, 9.17) is 4.74 Å². The number of ether oxygens (including phenoxy) is 1. The van der Waals surface area contributed by atoms with Gasteiger partial charge in [-0.3, -0.25) is 9.59 Å². The van der Waals surface area contributed by atoms with Gasteiger partial charge in [0.2, 0.25) is 11.8 Å². The van der Waals surface area contributed by atoms with Gasteiger partial charge in [-0.05, 0) is 41.5 Å². The number of nitriles is 1. The van der Waals surface area contributed by atoms with E-state index in [9.17, 15) is 14.9 Å². The number of amides is 2. The first kappa shape index (κ1) is 22.5. The maximum absolute atomic E-state index is 13.6. The minimum atomic E-state index is -0.434. The van der Waals surface area contributed by atoms with Crippen LogP contribution in [0.1, 0.15) is 37.0 Å². The van der Waals surface area contributed by atoms with Gasteiger partial charge in [0.25, 0.3) is 0 Å². The summed E-state index contributed by atoms with van der Waals surface area (Å²) in [6.07, 6.45) is 4.85. The summed E-state index contributed by atoms with van der Waals surface area (Å²) in [7, 11) is 0. The van der Waals surface area contributed by atoms with Gasteiger partial charge in [0.1, 0.15) is 12.9 Å². The number of anilines is 2. The zero-order valence-corrected chi connectivity index (χ0v) is 19.6. The number of hydrogen-bond acceptors (Lipinski definition) is 6. The van der Waals surface area contributed by atoms with E-state index in [1.807, 2.05) is 17.0 Å². The van der Waals surface area contributed by atoms with Crippen LogP contribution in [0.3, 0.4) is 0 Å². The Morgan fingerprint density at radius 1 is 1.20 bits per heavy atom. The summed E-state index contributed by atoms with van der Waals surface area (Å²) in [5.41, 5.74) is 3.86. The van der Waals surface area contributed by atoms with Crippen molar-refractivity contribution in [3.63, 3.8) is 0 Å². The van der Waals surface area contributed by atoms with Crippen LogP contribution in [0.15, 0.2) is 61.2 Å². The number of fused-ring (bicyclic) bond motifs is 1. The van der Waals surface area contributed by atoms with Crippen LogP contribution in [0, 0.1) is 17.2 Å². The number of aromatic nitrogens is 2. The fraction of sp³-hybridized carbons (Fsp3) is 0.296. The van der Waals surface area contributed by atoms with E-state index in [0.717, 1.165) is 16.8 Å². The molecule has 2 aliphatic heterocycles. The number of carbonyl (C=O) groups is 2. The molecular formula is C27H25N5O3. The second-order valence-electron chi connectivity index (χ2n) is 9.59. The lowest BCUT2D eigenvalue weighted by atomic mass is 9.86. The van der Waals surface area contributed by atoms with E-state index in [2.05, 4.69) is 36.0 Å². The highest BCUT2D eigenvalue weighted by Gasteiger charge is 2.43. The van der Waals surface area contributed by atoms with Crippen LogP contribution >= 0.6 is 0 Å². The molecule has 1 unspecified atom stereocenters. The van der Waals surface area contributed by atoms with Gasteiger partial charge in [-0.1, -0.05) is 26.0 Å². The van der Waals surface area contributed by atoms with E-state index in [1.54, 1.807) is 41.6 Å². The summed E-state index contributed by atoms with van der Waals surface area (Å²) < 4.78 is 5.79. The molecule has 0 saturated carbocycles. The van der Waals surface area contributed by atoms with Gasteiger partial charge in [-0.25, -0.2) is 9.97 Å². The molecule has 0 radical (unpaired) electrons. The minimum absolute atomic E-state index is 0.0467. The second-order valence-corrected chi connectivity index (χ2v) is 9.59. The molecule has 0 spiro atoms. The highest BCUT2D eigenvalue weighted by Crippen LogP contribution is 2.42. The number of benzene rings is 2. The molecule has 35 heavy (non-hydrogen) atoms. The molecule has 176 valence electrons. The molecular weight excluding hydrogens is 442 g/mol. The maximum atomic E-state index is 13.6. The first-order chi connectivity index (χ1) is 16.9. The lowest BCUT2D eigenvalue weighted by Gasteiger charge is -2.23. The Labute approximate surface area is 203 Å². The third-order valence-electron chi connectivity index (χ3n) is 6.60. The maximum Gasteiger partial charge on any atom is 0.232 e. The third kappa shape index (κ3) is 4.33. The molecule has 8 heteroatoms. The Morgan fingerprint density at radius 2 is 2.00 bits per heavy atom. The topological polar surface area (TPSA) is 99.4 Å². The molecule has 3 heterocycles. The monoisotopic (exact) mass is 467 g/mol. The molecule has 0 N–H and O–H groups in total. The van der Waals surface area contributed by atoms with Gasteiger partial charge >= 0.3 is 0 Å². The standard InChI is InChI=1S/C27H25N5O3/c1-27(2)16-32(24-7-6-19(9-23(24)27)15-35-22-12-29-17-30-13-22)26(34)20-10-25(33)31(14-20)21-5-3-4-18(8-21)11-28/h3-9,12-13,17,20H,10,14-16H2,1-2H3. The van der Waals surface area contributed by atoms with Gasteiger partial charge in [0.05, 0.1) is 29.9 Å². The summed E-state index contributed by atoms with van der Waals surface area (Å²) in [6.45, 7) is 5.47. The summed E-state index contributed by atoms with van der Waals surface area (Å²) in [6, 6.07) is 15.0. The average molecular weight is 468 g/mol. The molecule has 1 saturated heterocycles. The quantitative estimate of drug-likeness (QED) is 0.568. The molecule has 2 aliphatic rings. The SMILES string of the molecule is CC1(C)CN(C(=O)C2CC(=O)N(c3cccc(C#N)c3)C2)c2ccc(COc3cncnc3)cc21. The van der Waals surface area contributed by atoms with Gasteiger partial charge < -0.3 is 14.5 Å². The van der Waals surface area contributed by atoms with Crippen molar-refractivity contribution in [3.05, 3.63) is 77.9 Å². The van der Waals surface area contributed by atoms with Crippen molar-refractivity contribution in [2.45, 2.75) is 32.3 Å². The van der Waals surface area contributed by atoms with Gasteiger partial charge in [-0.2, -0.15) is 5.26 Å². The Morgan fingerprint density at radius 3 is 2.77 bits per heavy atom. The molecule has 0 bridgehead atoms. The summed E-state index contributed by atoms with van der Waals surface area (Å²) in [4.78, 5) is 37.7. The van der Waals surface area contributed by atoms with Gasteiger partial charge in [-0.15, -0.1) is 0 Å². The van der Waals surface area contributed by atoms with Crippen LogP contribution < -0.4 is 14.5 Å². The van der Waals surface area contributed by atoms with Crippen LogP contribution in [-0.4, -0.2) is 34.9 Å². The number of hydrogen-bond donors (Lipinski definition) is 0. The van der Waals surface area contributed by atoms with Crippen LogP contribution in [0.25, 0.3) is 0 Å². The molecule has 2 amide bonds.